The number of carbonyl (C=O) groups excluding carboxylic acids is 1. The number of aliphatic hydroxyl groups excluding tert-OH is 1. The van der Waals surface area contributed by atoms with Crippen LogP contribution in [0.3, 0.4) is 0 Å². The van der Waals surface area contributed by atoms with Crippen LogP contribution in [0.25, 0.3) is 0 Å². The Labute approximate surface area is 72.7 Å². The van der Waals surface area contributed by atoms with E-state index in [1.165, 1.54) is 7.11 Å². The van der Waals surface area contributed by atoms with E-state index in [1.54, 1.807) is 0 Å². The minimum atomic E-state index is -0.195. The average molecular weight is 170 g/mol. The molecular formula is C9H14O3. The van der Waals surface area contributed by atoms with E-state index in [2.05, 4.69) is 16.6 Å². The lowest BCUT2D eigenvalue weighted by Gasteiger charge is -1.94. The summed E-state index contributed by atoms with van der Waals surface area (Å²) in [5.74, 6) is 5.43. The number of rotatable bonds is 4. The molecule has 0 radical (unpaired) electrons. The second-order valence-corrected chi connectivity index (χ2v) is 2.26. The molecule has 0 amide bonds. The van der Waals surface area contributed by atoms with Gasteiger partial charge in [0.2, 0.25) is 0 Å². The summed E-state index contributed by atoms with van der Waals surface area (Å²) in [6.07, 6.45) is 2.35. The Kier molecular flexibility index (Phi) is 7.41. The van der Waals surface area contributed by atoms with Gasteiger partial charge in [0.15, 0.2) is 0 Å². The summed E-state index contributed by atoms with van der Waals surface area (Å²) in [6, 6.07) is 0. The van der Waals surface area contributed by atoms with Gasteiger partial charge in [0, 0.05) is 19.3 Å². The fourth-order valence-electron chi connectivity index (χ4n) is 0.656. The molecule has 0 aromatic heterocycles. The topological polar surface area (TPSA) is 46.5 Å². The summed E-state index contributed by atoms with van der Waals surface area (Å²) in [6.45, 7) is 0.101. The largest absolute Gasteiger partial charge is 0.469 e. The Hall–Kier alpha value is -1.01. The molecule has 0 aliphatic rings. The molecule has 0 heterocycles. The van der Waals surface area contributed by atoms with Gasteiger partial charge in [-0.05, 0) is 6.42 Å². The molecule has 0 rings (SSSR count). The van der Waals surface area contributed by atoms with Gasteiger partial charge < -0.3 is 9.84 Å². The van der Waals surface area contributed by atoms with Crippen molar-refractivity contribution < 1.29 is 14.6 Å². The first kappa shape index (κ1) is 11.0. The van der Waals surface area contributed by atoms with Gasteiger partial charge in [0.25, 0.3) is 0 Å². The van der Waals surface area contributed by atoms with Crippen molar-refractivity contribution in [2.75, 3.05) is 13.7 Å². The summed E-state index contributed by atoms with van der Waals surface area (Å²) in [5.41, 5.74) is 0. The number of ether oxygens (including phenoxy) is 1. The van der Waals surface area contributed by atoms with Crippen LogP contribution in [0, 0.1) is 11.8 Å². The first-order valence-corrected chi connectivity index (χ1v) is 3.94. The summed E-state index contributed by atoms with van der Waals surface area (Å²) < 4.78 is 4.45. The highest BCUT2D eigenvalue weighted by atomic mass is 16.5. The maximum atomic E-state index is 10.6. The summed E-state index contributed by atoms with van der Waals surface area (Å²) >= 11 is 0. The second kappa shape index (κ2) is 8.09. The van der Waals surface area contributed by atoms with Crippen LogP contribution in [-0.4, -0.2) is 24.8 Å². The van der Waals surface area contributed by atoms with Crippen molar-refractivity contribution in [1.29, 1.82) is 0 Å². The molecule has 3 heteroatoms. The fourth-order valence-corrected chi connectivity index (χ4v) is 0.656. The number of methoxy groups -OCH3 is 1. The molecule has 0 atom stereocenters. The zero-order valence-corrected chi connectivity index (χ0v) is 7.30. The smallest absolute Gasteiger partial charge is 0.305 e. The first-order chi connectivity index (χ1) is 5.81. The molecule has 0 saturated carbocycles. The SMILES string of the molecule is COC(=O)CCCC#CCCO. The lowest BCUT2D eigenvalue weighted by molar-refractivity contribution is -0.140. The summed E-state index contributed by atoms with van der Waals surface area (Å²) in [5, 5.41) is 8.37. The van der Waals surface area contributed by atoms with Gasteiger partial charge in [-0.1, -0.05) is 0 Å². The maximum Gasteiger partial charge on any atom is 0.305 e. The van der Waals surface area contributed by atoms with E-state index in [4.69, 9.17) is 5.11 Å². The number of carbonyl (C=O) groups is 1. The van der Waals surface area contributed by atoms with Crippen molar-refractivity contribution >= 4 is 5.97 Å². The standard InChI is InChI=1S/C9H14O3/c1-12-9(11)7-5-3-2-4-6-8-10/h10H,3,5-8H2,1H3. The molecule has 0 bridgehead atoms. The molecular weight excluding hydrogens is 156 g/mol. The third-order valence-electron chi connectivity index (χ3n) is 1.27. The van der Waals surface area contributed by atoms with Gasteiger partial charge in [-0.15, -0.1) is 11.8 Å². The molecule has 0 spiro atoms. The number of aliphatic hydroxyl groups is 1. The van der Waals surface area contributed by atoms with Crippen molar-refractivity contribution in [3.63, 3.8) is 0 Å². The molecule has 1 N–H and O–H groups in total. The van der Waals surface area contributed by atoms with E-state index in [1.807, 2.05) is 0 Å². The molecule has 0 fully saturated rings. The highest BCUT2D eigenvalue weighted by Gasteiger charge is 1.96. The molecule has 68 valence electrons. The quantitative estimate of drug-likeness (QED) is 0.384. The third kappa shape index (κ3) is 7.10. The van der Waals surface area contributed by atoms with Gasteiger partial charge in [-0.2, -0.15) is 0 Å². The third-order valence-corrected chi connectivity index (χ3v) is 1.27. The molecule has 12 heavy (non-hydrogen) atoms. The van der Waals surface area contributed by atoms with Gasteiger partial charge in [-0.3, -0.25) is 4.79 Å². The van der Waals surface area contributed by atoms with Gasteiger partial charge >= 0.3 is 5.97 Å². The van der Waals surface area contributed by atoms with Crippen molar-refractivity contribution in [3.8, 4) is 11.8 Å². The fraction of sp³-hybridized carbons (Fsp3) is 0.667. The maximum absolute atomic E-state index is 10.6. The van der Waals surface area contributed by atoms with E-state index < -0.39 is 0 Å². The first-order valence-electron chi connectivity index (χ1n) is 3.94. The number of esters is 1. The van der Waals surface area contributed by atoms with Crippen molar-refractivity contribution in [2.45, 2.75) is 25.7 Å². The van der Waals surface area contributed by atoms with Crippen LogP contribution >= 0.6 is 0 Å². The van der Waals surface area contributed by atoms with Crippen LogP contribution in [0.1, 0.15) is 25.7 Å². The van der Waals surface area contributed by atoms with Crippen molar-refractivity contribution in [3.05, 3.63) is 0 Å². The predicted octanol–water partition coefficient (Wildman–Crippen LogP) is 0.715. The lowest BCUT2D eigenvalue weighted by Crippen LogP contribution is -1.98. The van der Waals surface area contributed by atoms with Crippen LogP contribution in [0.15, 0.2) is 0 Å². The summed E-state index contributed by atoms with van der Waals surface area (Å²) in [7, 11) is 1.37. The predicted molar refractivity (Wildman–Crippen MR) is 45.3 cm³/mol. The molecule has 0 unspecified atom stereocenters. The summed E-state index contributed by atoms with van der Waals surface area (Å²) in [4.78, 5) is 10.6. The van der Waals surface area contributed by atoms with Crippen LogP contribution in [0.5, 0.6) is 0 Å². The molecule has 3 nitrogen and oxygen atoms in total. The van der Waals surface area contributed by atoms with Crippen LogP contribution in [-0.2, 0) is 9.53 Å². The van der Waals surface area contributed by atoms with Crippen LogP contribution in [0.4, 0.5) is 0 Å². The highest BCUT2D eigenvalue weighted by Crippen LogP contribution is 1.95. The van der Waals surface area contributed by atoms with Gasteiger partial charge in [0.05, 0.1) is 13.7 Å². The molecule has 0 aromatic carbocycles. The number of hydrogen-bond acceptors (Lipinski definition) is 3. The average Bonchev–Trinajstić information content (AvgIpc) is 2.10. The molecule has 0 aliphatic heterocycles. The van der Waals surface area contributed by atoms with E-state index in [0.29, 0.717) is 19.3 Å². The minimum absolute atomic E-state index is 0.101. The van der Waals surface area contributed by atoms with E-state index in [9.17, 15) is 4.79 Å². The van der Waals surface area contributed by atoms with Crippen LogP contribution in [0.2, 0.25) is 0 Å². The lowest BCUT2D eigenvalue weighted by atomic mass is 10.2. The number of hydrogen-bond donors (Lipinski definition) is 1. The van der Waals surface area contributed by atoms with Crippen molar-refractivity contribution in [2.24, 2.45) is 0 Å². The Bertz CT molecular complexity index is 176. The van der Waals surface area contributed by atoms with Gasteiger partial charge in [-0.25, -0.2) is 0 Å². The zero-order chi connectivity index (χ0) is 9.23. The molecule has 0 saturated heterocycles. The number of unbranched alkanes of at least 4 members (excludes halogenated alkanes) is 1. The highest BCUT2D eigenvalue weighted by molar-refractivity contribution is 5.69. The minimum Gasteiger partial charge on any atom is -0.469 e. The van der Waals surface area contributed by atoms with Crippen LogP contribution < -0.4 is 0 Å². The Morgan fingerprint density at radius 1 is 1.42 bits per heavy atom. The van der Waals surface area contributed by atoms with E-state index in [-0.39, 0.29) is 12.6 Å². The normalized spacial score (nSPS) is 8.50. The second-order valence-electron chi connectivity index (χ2n) is 2.26. The molecule has 0 aliphatic carbocycles. The Balaban J connectivity index is 3.22. The van der Waals surface area contributed by atoms with Crippen molar-refractivity contribution in [1.82, 2.24) is 0 Å². The zero-order valence-electron chi connectivity index (χ0n) is 7.30. The molecule has 0 aromatic rings. The monoisotopic (exact) mass is 170 g/mol. The Morgan fingerprint density at radius 3 is 2.67 bits per heavy atom. The van der Waals surface area contributed by atoms with Gasteiger partial charge in [0.1, 0.15) is 0 Å². The Morgan fingerprint density at radius 2 is 2.08 bits per heavy atom. The van der Waals surface area contributed by atoms with E-state index >= 15 is 0 Å². The van der Waals surface area contributed by atoms with E-state index in [0.717, 1.165) is 6.42 Å².